The lowest BCUT2D eigenvalue weighted by Gasteiger charge is -1.67. The van der Waals surface area contributed by atoms with Crippen molar-refractivity contribution in [1.29, 1.82) is 0 Å². The number of hydrogen-bond acceptors (Lipinski definition) is 3. The topological polar surface area (TPSA) is 29.4 Å². The second kappa shape index (κ2) is 1.43. The fourth-order valence-corrected chi connectivity index (χ4v) is 0.703. The minimum absolute atomic E-state index is 0.125. The number of nitrogens with zero attached hydrogens (tertiary/aromatic N) is 1. The van der Waals surface area contributed by atoms with Crippen molar-refractivity contribution in [3.63, 3.8) is 0 Å². The van der Waals surface area contributed by atoms with Crippen molar-refractivity contribution in [2.24, 2.45) is 4.40 Å². The molecule has 2 nitrogen and oxygen atoms in total. The second-order valence-electron chi connectivity index (χ2n) is 0.974. The molecule has 1 rings (SSSR count). The third-order valence-electron chi connectivity index (χ3n) is 0.478. The van der Waals surface area contributed by atoms with Gasteiger partial charge in [0.25, 0.3) is 0 Å². The number of rotatable bonds is 0. The predicted molar refractivity (Wildman–Crippen MR) is 26.0 cm³/mol. The number of hydrogen-bond donors (Lipinski definition) is 0. The Morgan fingerprint density at radius 2 is 2.83 bits per heavy atom. The Bertz CT molecular complexity index is 99.0. The maximum atomic E-state index is 10.1. The number of Topliss-reactive ketones (excluding diaryl/α,β-unsaturated/α-hetero) is 1. The molecule has 0 spiro atoms. The van der Waals surface area contributed by atoms with Crippen LogP contribution in [0.5, 0.6) is 0 Å². The van der Waals surface area contributed by atoms with Crippen molar-refractivity contribution in [2.45, 2.75) is 0 Å². The van der Waals surface area contributed by atoms with E-state index in [9.17, 15) is 4.79 Å². The minimum Gasteiger partial charge on any atom is -0.292 e. The van der Waals surface area contributed by atoms with Crippen molar-refractivity contribution >= 4 is 23.9 Å². The van der Waals surface area contributed by atoms with Crippen LogP contribution in [0.15, 0.2) is 4.40 Å². The molecule has 0 saturated carbocycles. The van der Waals surface area contributed by atoms with Crippen LogP contribution in [-0.2, 0) is 4.79 Å². The van der Waals surface area contributed by atoms with Crippen LogP contribution in [0.4, 0.5) is 0 Å². The number of carbonyl (C=O) groups is 1. The van der Waals surface area contributed by atoms with Gasteiger partial charge in [0.2, 0.25) is 0 Å². The van der Waals surface area contributed by atoms with E-state index in [-0.39, 0.29) is 5.78 Å². The molecule has 0 bridgehead atoms. The zero-order chi connectivity index (χ0) is 4.41. The van der Waals surface area contributed by atoms with E-state index < -0.39 is 0 Å². The van der Waals surface area contributed by atoms with E-state index in [0.717, 1.165) is 0 Å². The summed E-state index contributed by atoms with van der Waals surface area (Å²) in [5.74, 6) is 0.667. The SMILES string of the molecule is O=C1C=NSC1. The van der Waals surface area contributed by atoms with Crippen molar-refractivity contribution in [2.75, 3.05) is 5.75 Å². The molecule has 0 aromatic carbocycles. The Morgan fingerprint density at radius 1 is 2.00 bits per heavy atom. The van der Waals surface area contributed by atoms with Crippen LogP contribution in [0.25, 0.3) is 0 Å². The van der Waals surface area contributed by atoms with E-state index in [1.165, 1.54) is 18.2 Å². The van der Waals surface area contributed by atoms with Gasteiger partial charge in [0.1, 0.15) is 0 Å². The fourth-order valence-electron chi connectivity index (χ4n) is 0.234. The molecule has 1 aliphatic heterocycles. The normalized spacial score (nSPS) is 19.7. The monoisotopic (exact) mass is 101 g/mol. The summed E-state index contributed by atoms with van der Waals surface area (Å²) in [4.78, 5) is 10.1. The van der Waals surface area contributed by atoms with Crippen LogP contribution in [0.2, 0.25) is 0 Å². The Labute approximate surface area is 39.8 Å². The molecule has 0 aromatic heterocycles. The highest BCUT2D eigenvalue weighted by molar-refractivity contribution is 7.99. The molecule has 0 aliphatic carbocycles. The van der Waals surface area contributed by atoms with Gasteiger partial charge in [-0.25, -0.2) is 4.40 Å². The Balaban J connectivity index is 2.59. The van der Waals surface area contributed by atoms with Gasteiger partial charge in [0.05, 0.1) is 12.0 Å². The first kappa shape index (κ1) is 3.87. The van der Waals surface area contributed by atoms with Crippen LogP contribution >= 0.6 is 11.9 Å². The van der Waals surface area contributed by atoms with Crippen molar-refractivity contribution in [1.82, 2.24) is 0 Å². The van der Waals surface area contributed by atoms with E-state index in [1.807, 2.05) is 0 Å². The average Bonchev–Trinajstić information content (AvgIpc) is 1.86. The van der Waals surface area contributed by atoms with Crippen LogP contribution in [-0.4, -0.2) is 17.8 Å². The van der Waals surface area contributed by atoms with E-state index >= 15 is 0 Å². The van der Waals surface area contributed by atoms with Crippen LogP contribution < -0.4 is 0 Å². The lowest BCUT2D eigenvalue weighted by atomic mass is 10.5. The standard InChI is InChI=1S/C3H3NOS/c5-3-1-4-6-2-3/h1H,2H2. The van der Waals surface area contributed by atoms with E-state index in [4.69, 9.17) is 0 Å². The van der Waals surface area contributed by atoms with E-state index in [0.29, 0.717) is 5.75 Å². The first-order valence-corrected chi connectivity index (χ1v) is 2.52. The number of carbonyl (C=O) groups excluding carboxylic acids is 1. The predicted octanol–water partition coefficient (Wildman–Crippen LogP) is 0.288. The lowest BCUT2D eigenvalue weighted by Crippen LogP contribution is -1.93. The molecule has 0 fully saturated rings. The smallest absolute Gasteiger partial charge is 0.186 e. The molecule has 3 heteroatoms. The van der Waals surface area contributed by atoms with E-state index in [1.54, 1.807) is 0 Å². The highest BCUT2D eigenvalue weighted by Gasteiger charge is 2.01. The third-order valence-corrected chi connectivity index (χ3v) is 1.15. The molecule has 0 unspecified atom stereocenters. The van der Waals surface area contributed by atoms with Gasteiger partial charge in [0, 0.05) is 0 Å². The van der Waals surface area contributed by atoms with Gasteiger partial charge in [-0.05, 0) is 11.9 Å². The highest BCUT2D eigenvalue weighted by Crippen LogP contribution is 2.05. The molecule has 1 aliphatic rings. The molecule has 0 atom stereocenters. The molecule has 0 amide bonds. The average molecular weight is 101 g/mol. The van der Waals surface area contributed by atoms with Crippen LogP contribution in [0.1, 0.15) is 0 Å². The maximum absolute atomic E-state index is 10.1. The van der Waals surface area contributed by atoms with Gasteiger partial charge in [-0.2, -0.15) is 0 Å². The Hall–Kier alpha value is -0.310. The fraction of sp³-hybridized carbons (Fsp3) is 0.333. The number of ketones is 1. The summed E-state index contributed by atoms with van der Waals surface area (Å²) in [6.07, 6.45) is 1.35. The Morgan fingerprint density at radius 3 is 3.00 bits per heavy atom. The van der Waals surface area contributed by atoms with Gasteiger partial charge >= 0.3 is 0 Å². The van der Waals surface area contributed by atoms with Crippen molar-refractivity contribution in [3.8, 4) is 0 Å². The molecule has 0 radical (unpaired) electrons. The van der Waals surface area contributed by atoms with Crippen molar-refractivity contribution in [3.05, 3.63) is 0 Å². The van der Waals surface area contributed by atoms with Gasteiger partial charge in [-0.3, -0.25) is 4.79 Å². The summed E-state index contributed by atoms with van der Waals surface area (Å²) in [5.41, 5.74) is 0. The zero-order valence-corrected chi connectivity index (χ0v) is 3.86. The molecule has 6 heavy (non-hydrogen) atoms. The molecule has 0 N–H and O–H groups in total. The molecule has 32 valence electrons. The summed E-state index contributed by atoms with van der Waals surface area (Å²) in [5, 5.41) is 0. The molecule has 0 aromatic rings. The van der Waals surface area contributed by atoms with Crippen molar-refractivity contribution < 1.29 is 4.79 Å². The first-order valence-electron chi connectivity index (χ1n) is 1.58. The van der Waals surface area contributed by atoms with Gasteiger partial charge in [-0.15, -0.1) is 0 Å². The first-order chi connectivity index (χ1) is 2.89. The molecule has 1 heterocycles. The summed E-state index contributed by atoms with van der Waals surface area (Å²) >= 11 is 1.30. The molecule has 0 saturated heterocycles. The lowest BCUT2D eigenvalue weighted by molar-refractivity contribution is -0.110. The van der Waals surface area contributed by atoms with E-state index in [2.05, 4.69) is 4.40 Å². The van der Waals surface area contributed by atoms with Gasteiger partial charge in [-0.1, -0.05) is 0 Å². The zero-order valence-electron chi connectivity index (χ0n) is 3.05. The quantitative estimate of drug-likeness (QED) is 0.410. The largest absolute Gasteiger partial charge is 0.292 e. The summed E-state index contributed by atoms with van der Waals surface area (Å²) < 4.78 is 3.61. The minimum atomic E-state index is 0.125. The Kier molecular flexibility index (Phi) is 0.919. The molecular formula is C3H3NOS. The summed E-state index contributed by atoms with van der Waals surface area (Å²) in [6, 6.07) is 0. The van der Waals surface area contributed by atoms with Crippen LogP contribution in [0, 0.1) is 0 Å². The highest BCUT2D eigenvalue weighted by atomic mass is 32.2. The maximum Gasteiger partial charge on any atom is 0.186 e. The third kappa shape index (κ3) is 0.597. The van der Waals surface area contributed by atoms with Gasteiger partial charge in [0.15, 0.2) is 5.78 Å². The van der Waals surface area contributed by atoms with Gasteiger partial charge < -0.3 is 0 Å². The second-order valence-corrected chi connectivity index (χ2v) is 1.73. The molecular weight excluding hydrogens is 98.1 g/mol. The van der Waals surface area contributed by atoms with Crippen LogP contribution in [0.3, 0.4) is 0 Å². The summed E-state index contributed by atoms with van der Waals surface area (Å²) in [7, 11) is 0. The summed E-state index contributed by atoms with van der Waals surface area (Å²) in [6.45, 7) is 0.